The third-order valence-corrected chi connectivity index (χ3v) is 1.79. The Morgan fingerprint density at radius 2 is 2.21 bits per heavy atom. The summed E-state index contributed by atoms with van der Waals surface area (Å²) >= 11 is 0. The first-order valence-electron chi connectivity index (χ1n) is 4.11. The number of carbonyl (C=O) groups excluding carboxylic acids is 1. The molecule has 0 aromatic heterocycles. The summed E-state index contributed by atoms with van der Waals surface area (Å²) in [7, 11) is 1.52. The predicted molar refractivity (Wildman–Crippen MR) is 49.9 cm³/mol. The lowest BCUT2D eigenvalue weighted by atomic mass is 10.1. The first kappa shape index (κ1) is 10.7. The second-order valence-electron chi connectivity index (χ2n) is 3.02. The van der Waals surface area contributed by atoms with E-state index < -0.39 is 5.79 Å². The average Bonchev–Trinajstić information content (AvgIpc) is 2.17. The van der Waals surface area contributed by atoms with Crippen LogP contribution >= 0.6 is 0 Å². The number of hydrogen-bond acceptors (Lipinski definition) is 4. The van der Waals surface area contributed by atoms with Gasteiger partial charge < -0.3 is 14.9 Å². The minimum absolute atomic E-state index is 0.104. The quantitative estimate of drug-likeness (QED) is 0.530. The highest BCUT2D eigenvalue weighted by atomic mass is 16.5. The SMILES string of the molecule is COc1cccc(CC(O)(O)C=O)c1. The van der Waals surface area contributed by atoms with E-state index >= 15 is 0 Å². The molecule has 4 nitrogen and oxygen atoms in total. The van der Waals surface area contributed by atoms with Gasteiger partial charge in [0.05, 0.1) is 7.11 Å². The fraction of sp³-hybridized carbons (Fsp3) is 0.300. The molecular weight excluding hydrogens is 184 g/mol. The molecular formula is C10H12O4. The summed E-state index contributed by atoms with van der Waals surface area (Å²) < 4.78 is 4.95. The molecule has 0 atom stereocenters. The van der Waals surface area contributed by atoms with Crippen LogP contribution in [0.3, 0.4) is 0 Å². The number of ether oxygens (including phenoxy) is 1. The molecule has 0 fully saturated rings. The summed E-state index contributed by atoms with van der Waals surface area (Å²) in [6.45, 7) is 0. The molecule has 1 aromatic rings. The highest BCUT2D eigenvalue weighted by Gasteiger charge is 2.22. The first-order chi connectivity index (χ1) is 6.57. The zero-order valence-corrected chi connectivity index (χ0v) is 7.80. The number of hydrogen-bond donors (Lipinski definition) is 2. The molecule has 0 aliphatic carbocycles. The number of rotatable bonds is 4. The maximum Gasteiger partial charge on any atom is 0.224 e. The average molecular weight is 196 g/mol. The van der Waals surface area contributed by atoms with Gasteiger partial charge in [0.15, 0.2) is 6.29 Å². The first-order valence-corrected chi connectivity index (χ1v) is 4.11. The van der Waals surface area contributed by atoms with Gasteiger partial charge in [-0.25, -0.2) is 0 Å². The Morgan fingerprint density at radius 3 is 2.79 bits per heavy atom. The molecule has 0 saturated heterocycles. The van der Waals surface area contributed by atoms with Gasteiger partial charge in [0.25, 0.3) is 0 Å². The van der Waals surface area contributed by atoms with Gasteiger partial charge in [0.2, 0.25) is 5.79 Å². The fourth-order valence-corrected chi connectivity index (χ4v) is 1.12. The molecule has 0 radical (unpaired) electrons. The molecule has 0 saturated carbocycles. The van der Waals surface area contributed by atoms with Gasteiger partial charge >= 0.3 is 0 Å². The molecule has 1 rings (SSSR count). The van der Waals surface area contributed by atoms with Crippen LogP contribution in [0.25, 0.3) is 0 Å². The predicted octanol–water partition coefficient (Wildman–Crippen LogP) is 0.117. The Hall–Kier alpha value is -1.39. The Bertz CT molecular complexity index is 320. The lowest BCUT2D eigenvalue weighted by Crippen LogP contribution is -2.32. The van der Waals surface area contributed by atoms with E-state index in [1.165, 1.54) is 7.11 Å². The monoisotopic (exact) mass is 196 g/mol. The summed E-state index contributed by atoms with van der Waals surface area (Å²) in [5.74, 6) is -1.68. The van der Waals surface area contributed by atoms with E-state index in [0.717, 1.165) is 0 Å². The highest BCUT2D eigenvalue weighted by Crippen LogP contribution is 2.15. The van der Waals surface area contributed by atoms with Crippen molar-refractivity contribution in [2.24, 2.45) is 0 Å². The Morgan fingerprint density at radius 1 is 1.50 bits per heavy atom. The van der Waals surface area contributed by atoms with Crippen molar-refractivity contribution in [2.45, 2.75) is 12.2 Å². The minimum Gasteiger partial charge on any atom is -0.497 e. The second-order valence-corrected chi connectivity index (χ2v) is 3.02. The molecule has 14 heavy (non-hydrogen) atoms. The fourth-order valence-electron chi connectivity index (χ4n) is 1.12. The van der Waals surface area contributed by atoms with Gasteiger partial charge in [-0.2, -0.15) is 0 Å². The van der Waals surface area contributed by atoms with Crippen molar-refractivity contribution in [2.75, 3.05) is 7.11 Å². The van der Waals surface area contributed by atoms with Gasteiger partial charge in [0, 0.05) is 6.42 Å². The lowest BCUT2D eigenvalue weighted by Gasteiger charge is -2.14. The van der Waals surface area contributed by atoms with Crippen LogP contribution in [0.4, 0.5) is 0 Å². The molecule has 76 valence electrons. The molecule has 0 bridgehead atoms. The Labute approximate surface area is 81.8 Å². The van der Waals surface area contributed by atoms with E-state index in [1.807, 2.05) is 0 Å². The van der Waals surface area contributed by atoms with E-state index in [0.29, 0.717) is 11.3 Å². The Balaban J connectivity index is 2.81. The molecule has 0 unspecified atom stereocenters. The van der Waals surface area contributed by atoms with Crippen molar-refractivity contribution in [3.8, 4) is 5.75 Å². The van der Waals surface area contributed by atoms with E-state index in [9.17, 15) is 4.79 Å². The van der Waals surface area contributed by atoms with Crippen LogP contribution in [-0.2, 0) is 11.2 Å². The summed E-state index contributed by atoms with van der Waals surface area (Å²) in [5, 5.41) is 18.2. The molecule has 0 amide bonds. The van der Waals surface area contributed by atoms with Gasteiger partial charge in [-0.1, -0.05) is 12.1 Å². The van der Waals surface area contributed by atoms with Crippen molar-refractivity contribution in [1.29, 1.82) is 0 Å². The largest absolute Gasteiger partial charge is 0.497 e. The molecule has 0 heterocycles. The maximum atomic E-state index is 10.3. The normalized spacial score (nSPS) is 11.1. The standard InChI is InChI=1S/C10H12O4/c1-14-9-4-2-3-8(5-9)6-10(12,13)7-11/h2-5,7,12-13H,6H2,1H3. The number of aliphatic hydroxyl groups is 2. The van der Waals surface area contributed by atoms with Crippen molar-refractivity contribution in [1.82, 2.24) is 0 Å². The molecule has 2 N–H and O–H groups in total. The number of carbonyl (C=O) groups is 1. The van der Waals surface area contributed by atoms with E-state index in [2.05, 4.69) is 0 Å². The van der Waals surface area contributed by atoms with Crippen molar-refractivity contribution >= 4 is 6.29 Å². The van der Waals surface area contributed by atoms with Gasteiger partial charge in [-0.05, 0) is 17.7 Å². The topological polar surface area (TPSA) is 66.8 Å². The van der Waals surface area contributed by atoms with Crippen LogP contribution in [0, 0.1) is 0 Å². The second kappa shape index (κ2) is 4.21. The maximum absolute atomic E-state index is 10.3. The van der Waals surface area contributed by atoms with Crippen LogP contribution in [-0.4, -0.2) is 29.4 Å². The summed E-state index contributed by atoms with van der Waals surface area (Å²) in [5.41, 5.74) is 0.626. The van der Waals surface area contributed by atoms with E-state index in [1.54, 1.807) is 24.3 Å². The number of methoxy groups -OCH3 is 1. The lowest BCUT2D eigenvalue weighted by molar-refractivity contribution is -0.168. The summed E-state index contributed by atoms with van der Waals surface area (Å²) in [6, 6.07) is 6.79. The number of aldehydes is 1. The van der Waals surface area contributed by atoms with Gasteiger partial charge in [0.1, 0.15) is 5.75 Å². The third-order valence-electron chi connectivity index (χ3n) is 1.79. The molecule has 4 heteroatoms. The van der Waals surface area contributed by atoms with E-state index in [-0.39, 0.29) is 12.7 Å². The van der Waals surface area contributed by atoms with Gasteiger partial charge in [-0.3, -0.25) is 4.79 Å². The van der Waals surface area contributed by atoms with Crippen LogP contribution in [0.5, 0.6) is 5.75 Å². The van der Waals surface area contributed by atoms with Crippen LogP contribution in [0.1, 0.15) is 5.56 Å². The molecule has 0 spiro atoms. The third kappa shape index (κ3) is 2.83. The van der Waals surface area contributed by atoms with Crippen LogP contribution in [0.15, 0.2) is 24.3 Å². The van der Waals surface area contributed by atoms with Crippen LogP contribution < -0.4 is 4.74 Å². The molecule has 0 aliphatic rings. The Kier molecular flexibility index (Phi) is 3.22. The van der Waals surface area contributed by atoms with Crippen molar-refractivity contribution in [3.63, 3.8) is 0 Å². The van der Waals surface area contributed by atoms with Gasteiger partial charge in [-0.15, -0.1) is 0 Å². The van der Waals surface area contributed by atoms with Crippen molar-refractivity contribution < 1.29 is 19.7 Å². The number of benzene rings is 1. The van der Waals surface area contributed by atoms with Crippen LogP contribution in [0.2, 0.25) is 0 Å². The summed E-state index contributed by atoms with van der Waals surface area (Å²) in [6.07, 6.45) is -0.0415. The highest BCUT2D eigenvalue weighted by molar-refractivity contribution is 5.60. The van der Waals surface area contributed by atoms with E-state index in [4.69, 9.17) is 14.9 Å². The molecule has 0 aliphatic heterocycles. The zero-order valence-electron chi connectivity index (χ0n) is 7.80. The zero-order chi connectivity index (χ0) is 10.6. The van der Waals surface area contributed by atoms with Crippen molar-refractivity contribution in [3.05, 3.63) is 29.8 Å². The summed E-state index contributed by atoms with van der Waals surface area (Å²) in [4.78, 5) is 10.3. The minimum atomic E-state index is -2.30. The smallest absolute Gasteiger partial charge is 0.224 e. The molecule has 1 aromatic carbocycles.